The summed E-state index contributed by atoms with van der Waals surface area (Å²) in [6.45, 7) is 4.06. The summed E-state index contributed by atoms with van der Waals surface area (Å²) < 4.78 is 5.22. The minimum Gasteiger partial charge on any atom is -0.497 e. The zero-order chi connectivity index (χ0) is 23.5. The van der Waals surface area contributed by atoms with Crippen LogP contribution in [0.25, 0.3) is 0 Å². The van der Waals surface area contributed by atoms with E-state index in [4.69, 9.17) is 10.5 Å². The molecule has 2 N–H and O–H groups in total. The van der Waals surface area contributed by atoms with Gasteiger partial charge in [-0.2, -0.15) is 0 Å². The van der Waals surface area contributed by atoms with Crippen molar-refractivity contribution in [2.75, 3.05) is 16.9 Å². The summed E-state index contributed by atoms with van der Waals surface area (Å²) in [5, 5.41) is 0. The number of rotatable bonds is 5. The number of amides is 2. The maximum absolute atomic E-state index is 13.5. The van der Waals surface area contributed by atoms with Crippen LogP contribution in [0.2, 0.25) is 0 Å². The van der Waals surface area contributed by atoms with Gasteiger partial charge in [-0.25, -0.2) is 0 Å². The Morgan fingerprint density at radius 1 is 1.03 bits per heavy atom. The van der Waals surface area contributed by atoms with Crippen molar-refractivity contribution in [1.82, 2.24) is 0 Å². The van der Waals surface area contributed by atoms with E-state index >= 15 is 0 Å². The number of para-hydroxylation sites is 1. The van der Waals surface area contributed by atoms with Gasteiger partial charge in [0.05, 0.1) is 13.2 Å². The zero-order valence-corrected chi connectivity index (χ0v) is 19.2. The molecule has 2 amide bonds. The highest BCUT2D eigenvalue weighted by atomic mass is 16.5. The number of anilines is 2. The number of benzene rings is 3. The molecule has 6 heteroatoms. The van der Waals surface area contributed by atoms with E-state index in [-0.39, 0.29) is 23.9 Å². The van der Waals surface area contributed by atoms with E-state index in [1.807, 2.05) is 65.3 Å². The van der Waals surface area contributed by atoms with Gasteiger partial charge in [0, 0.05) is 36.4 Å². The average Bonchev–Trinajstić information content (AvgIpc) is 2.84. The van der Waals surface area contributed by atoms with Crippen LogP contribution < -0.4 is 20.3 Å². The maximum atomic E-state index is 13.5. The predicted octanol–water partition coefficient (Wildman–Crippen LogP) is 4.69. The van der Waals surface area contributed by atoms with Crippen LogP contribution in [-0.4, -0.2) is 25.0 Å². The van der Waals surface area contributed by atoms with Crippen molar-refractivity contribution in [3.8, 4) is 5.75 Å². The average molecular weight is 444 g/mol. The van der Waals surface area contributed by atoms with Crippen molar-refractivity contribution >= 4 is 23.2 Å². The van der Waals surface area contributed by atoms with Crippen LogP contribution in [0, 0.1) is 0 Å². The molecule has 3 aromatic carbocycles. The van der Waals surface area contributed by atoms with Gasteiger partial charge in [-0.3, -0.25) is 9.59 Å². The molecule has 0 spiro atoms. The molecule has 0 radical (unpaired) electrons. The number of carbonyl (C=O) groups excluding carboxylic acids is 2. The Kier molecular flexibility index (Phi) is 6.47. The Labute approximate surface area is 194 Å². The topological polar surface area (TPSA) is 75.9 Å². The van der Waals surface area contributed by atoms with Crippen LogP contribution in [0.15, 0.2) is 72.8 Å². The summed E-state index contributed by atoms with van der Waals surface area (Å²) in [7, 11) is 1.60. The summed E-state index contributed by atoms with van der Waals surface area (Å²) in [5.74, 6) is 0.589. The fraction of sp³-hybridized carbons (Fsp3) is 0.259. The first kappa shape index (κ1) is 22.6. The van der Waals surface area contributed by atoms with Gasteiger partial charge in [0.2, 0.25) is 5.91 Å². The SMILES string of the molecule is COc1ccc(C(=O)N2c3ccccc3[C@H](N(C(C)=O)c3ccc(CN)cc3)C[C@@H]2C)cc1. The number of hydrogen-bond acceptors (Lipinski definition) is 4. The maximum Gasteiger partial charge on any atom is 0.258 e. The molecule has 0 aromatic heterocycles. The Hall–Kier alpha value is -3.64. The third kappa shape index (κ3) is 4.34. The molecule has 0 aliphatic carbocycles. The summed E-state index contributed by atoms with van der Waals surface area (Å²) in [5.41, 5.74) is 9.95. The van der Waals surface area contributed by atoms with Crippen molar-refractivity contribution in [2.24, 2.45) is 5.73 Å². The van der Waals surface area contributed by atoms with Crippen LogP contribution in [0.5, 0.6) is 5.75 Å². The second kappa shape index (κ2) is 9.46. The highest BCUT2D eigenvalue weighted by Gasteiger charge is 2.38. The van der Waals surface area contributed by atoms with Gasteiger partial charge in [-0.1, -0.05) is 30.3 Å². The summed E-state index contributed by atoms with van der Waals surface area (Å²) in [6.07, 6.45) is 0.622. The quantitative estimate of drug-likeness (QED) is 0.621. The number of nitrogens with two attached hydrogens (primary N) is 1. The Morgan fingerprint density at radius 2 is 1.70 bits per heavy atom. The summed E-state index contributed by atoms with van der Waals surface area (Å²) in [6, 6.07) is 22.5. The number of carbonyl (C=O) groups is 2. The summed E-state index contributed by atoms with van der Waals surface area (Å²) >= 11 is 0. The first-order valence-corrected chi connectivity index (χ1v) is 11.1. The molecule has 0 unspecified atom stereocenters. The first-order valence-electron chi connectivity index (χ1n) is 11.1. The van der Waals surface area contributed by atoms with Gasteiger partial charge in [0.15, 0.2) is 0 Å². The lowest BCUT2D eigenvalue weighted by Crippen LogP contribution is -2.47. The van der Waals surface area contributed by atoms with E-state index in [2.05, 4.69) is 0 Å². The number of methoxy groups -OCH3 is 1. The molecule has 0 fully saturated rings. The molecular formula is C27H29N3O3. The Morgan fingerprint density at radius 3 is 2.30 bits per heavy atom. The van der Waals surface area contributed by atoms with E-state index in [0.717, 1.165) is 22.5 Å². The molecule has 1 heterocycles. The highest BCUT2D eigenvalue weighted by Crippen LogP contribution is 2.42. The van der Waals surface area contributed by atoms with Crippen molar-refractivity contribution < 1.29 is 14.3 Å². The van der Waals surface area contributed by atoms with Crippen LogP contribution in [0.1, 0.15) is 47.8 Å². The Bertz CT molecular complexity index is 1140. The predicted molar refractivity (Wildman–Crippen MR) is 131 cm³/mol. The Balaban J connectivity index is 1.73. The molecule has 170 valence electrons. The van der Waals surface area contributed by atoms with Gasteiger partial charge >= 0.3 is 0 Å². The van der Waals surface area contributed by atoms with E-state index in [1.165, 1.54) is 0 Å². The lowest BCUT2D eigenvalue weighted by molar-refractivity contribution is -0.117. The lowest BCUT2D eigenvalue weighted by atomic mass is 9.89. The molecule has 6 nitrogen and oxygen atoms in total. The smallest absolute Gasteiger partial charge is 0.258 e. The molecule has 1 aliphatic rings. The normalized spacial score (nSPS) is 17.3. The van der Waals surface area contributed by atoms with E-state index < -0.39 is 0 Å². The molecule has 0 bridgehead atoms. The molecule has 0 saturated carbocycles. The monoisotopic (exact) mass is 443 g/mol. The van der Waals surface area contributed by atoms with Gasteiger partial charge in [0.25, 0.3) is 5.91 Å². The number of nitrogens with zero attached hydrogens (tertiary/aromatic N) is 2. The summed E-state index contributed by atoms with van der Waals surface area (Å²) in [4.78, 5) is 30.0. The molecular weight excluding hydrogens is 414 g/mol. The van der Waals surface area contributed by atoms with Crippen LogP contribution in [-0.2, 0) is 11.3 Å². The minimum atomic E-state index is -0.183. The second-order valence-electron chi connectivity index (χ2n) is 8.32. The molecule has 0 saturated heterocycles. The fourth-order valence-corrected chi connectivity index (χ4v) is 4.58. The lowest BCUT2D eigenvalue weighted by Gasteiger charge is -2.43. The number of fused-ring (bicyclic) bond motifs is 1. The standard InChI is InChI=1S/C27H29N3O3/c1-18-16-26(30(19(2)31)22-12-8-20(17-28)9-13-22)24-6-4-5-7-25(24)29(18)27(32)21-10-14-23(33-3)15-11-21/h4-15,18,26H,16-17,28H2,1-3H3/t18-,26+/m0/s1. The van der Waals surface area contributed by atoms with Gasteiger partial charge in [-0.15, -0.1) is 0 Å². The molecule has 2 atom stereocenters. The largest absolute Gasteiger partial charge is 0.497 e. The van der Waals surface area contributed by atoms with Crippen molar-refractivity contribution in [2.45, 2.75) is 38.9 Å². The molecule has 3 aromatic rings. The molecule has 4 rings (SSSR count). The minimum absolute atomic E-state index is 0.0440. The highest BCUT2D eigenvalue weighted by molar-refractivity contribution is 6.07. The zero-order valence-electron chi connectivity index (χ0n) is 19.2. The van der Waals surface area contributed by atoms with Gasteiger partial charge in [-0.05, 0) is 66.9 Å². The number of ether oxygens (including phenoxy) is 1. The molecule has 1 aliphatic heterocycles. The first-order chi connectivity index (χ1) is 15.9. The van der Waals surface area contributed by atoms with E-state index in [9.17, 15) is 9.59 Å². The van der Waals surface area contributed by atoms with Crippen molar-refractivity contribution in [3.05, 3.63) is 89.5 Å². The van der Waals surface area contributed by atoms with Crippen molar-refractivity contribution in [3.63, 3.8) is 0 Å². The van der Waals surface area contributed by atoms with Crippen LogP contribution in [0.3, 0.4) is 0 Å². The van der Waals surface area contributed by atoms with Gasteiger partial charge < -0.3 is 20.3 Å². The van der Waals surface area contributed by atoms with Crippen LogP contribution in [0.4, 0.5) is 11.4 Å². The fourth-order valence-electron chi connectivity index (χ4n) is 4.58. The van der Waals surface area contributed by atoms with E-state index in [1.54, 1.807) is 38.3 Å². The third-order valence-electron chi connectivity index (χ3n) is 6.22. The second-order valence-corrected chi connectivity index (χ2v) is 8.32. The molecule has 33 heavy (non-hydrogen) atoms. The van der Waals surface area contributed by atoms with Gasteiger partial charge in [0.1, 0.15) is 5.75 Å². The van der Waals surface area contributed by atoms with E-state index in [0.29, 0.717) is 24.3 Å². The third-order valence-corrected chi connectivity index (χ3v) is 6.22. The van der Waals surface area contributed by atoms with Crippen molar-refractivity contribution in [1.29, 1.82) is 0 Å². The van der Waals surface area contributed by atoms with Crippen LogP contribution >= 0.6 is 0 Å². The number of hydrogen-bond donors (Lipinski definition) is 1.